The van der Waals surface area contributed by atoms with Gasteiger partial charge < -0.3 is 5.32 Å². The Hall–Kier alpha value is -1.16. The van der Waals surface area contributed by atoms with E-state index < -0.39 is 0 Å². The molecule has 1 unspecified atom stereocenters. The molecule has 2 rings (SSSR count). The maximum Gasteiger partial charge on any atom is 0.256 e. The first kappa shape index (κ1) is 9.40. The molecule has 1 atom stereocenters. The molecule has 4 nitrogen and oxygen atoms in total. The first-order chi connectivity index (χ1) is 6.77. The highest BCUT2D eigenvalue weighted by Gasteiger charge is 2.14. The topological polar surface area (TPSA) is 46.9 Å². The second-order valence-electron chi connectivity index (χ2n) is 3.83. The SMILES string of the molecule is Cc1cncn(CC2CCCN2)c1=O. The Bertz CT molecular complexity index is 366. The molecular formula is C10H15N3O. The Balaban J connectivity index is 2.16. The second-order valence-corrected chi connectivity index (χ2v) is 3.83. The van der Waals surface area contributed by atoms with Crippen molar-refractivity contribution < 1.29 is 0 Å². The van der Waals surface area contributed by atoms with Crippen LogP contribution in [-0.2, 0) is 6.54 Å². The largest absolute Gasteiger partial charge is 0.312 e. The molecule has 0 aliphatic carbocycles. The fourth-order valence-electron chi connectivity index (χ4n) is 1.84. The van der Waals surface area contributed by atoms with E-state index >= 15 is 0 Å². The van der Waals surface area contributed by atoms with Crippen molar-refractivity contribution in [1.29, 1.82) is 0 Å². The normalized spacial score (nSPS) is 21.4. The average molecular weight is 193 g/mol. The summed E-state index contributed by atoms with van der Waals surface area (Å²) in [5, 5.41) is 3.36. The van der Waals surface area contributed by atoms with Gasteiger partial charge in [0.1, 0.15) is 0 Å². The van der Waals surface area contributed by atoms with Crippen LogP contribution in [0.1, 0.15) is 18.4 Å². The van der Waals surface area contributed by atoms with Gasteiger partial charge in [0.05, 0.1) is 6.33 Å². The molecule has 76 valence electrons. The minimum absolute atomic E-state index is 0.0775. The third kappa shape index (κ3) is 1.85. The minimum Gasteiger partial charge on any atom is -0.312 e. The summed E-state index contributed by atoms with van der Waals surface area (Å²) in [5.74, 6) is 0. The van der Waals surface area contributed by atoms with Crippen LogP contribution in [0.25, 0.3) is 0 Å². The van der Waals surface area contributed by atoms with Crippen LogP contribution < -0.4 is 10.9 Å². The summed E-state index contributed by atoms with van der Waals surface area (Å²) in [6, 6.07) is 0.441. The minimum atomic E-state index is 0.0775. The molecule has 1 aliphatic heterocycles. The van der Waals surface area contributed by atoms with Crippen molar-refractivity contribution in [2.24, 2.45) is 0 Å². The summed E-state index contributed by atoms with van der Waals surface area (Å²) in [6.45, 7) is 3.61. The maximum atomic E-state index is 11.7. The van der Waals surface area contributed by atoms with Gasteiger partial charge >= 0.3 is 0 Å². The van der Waals surface area contributed by atoms with Gasteiger partial charge in [0.25, 0.3) is 5.56 Å². The second kappa shape index (κ2) is 3.92. The smallest absolute Gasteiger partial charge is 0.256 e. The molecule has 1 aliphatic rings. The van der Waals surface area contributed by atoms with E-state index in [9.17, 15) is 4.79 Å². The molecule has 14 heavy (non-hydrogen) atoms. The molecule has 1 saturated heterocycles. The molecule has 0 aromatic carbocycles. The summed E-state index contributed by atoms with van der Waals surface area (Å²) in [7, 11) is 0. The van der Waals surface area contributed by atoms with Gasteiger partial charge in [0.15, 0.2) is 0 Å². The van der Waals surface area contributed by atoms with Crippen molar-refractivity contribution in [3.05, 3.63) is 28.4 Å². The summed E-state index contributed by atoms with van der Waals surface area (Å²) < 4.78 is 1.69. The molecule has 0 saturated carbocycles. The van der Waals surface area contributed by atoms with Gasteiger partial charge in [0.2, 0.25) is 0 Å². The number of nitrogens with one attached hydrogen (secondary N) is 1. The van der Waals surface area contributed by atoms with Crippen LogP contribution in [0.5, 0.6) is 0 Å². The third-order valence-corrected chi connectivity index (χ3v) is 2.65. The van der Waals surface area contributed by atoms with Crippen LogP contribution in [-0.4, -0.2) is 22.1 Å². The van der Waals surface area contributed by atoms with E-state index in [0.29, 0.717) is 11.6 Å². The van der Waals surface area contributed by atoms with Crippen molar-refractivity contribution in [2.75, 3.05) is 6.54 Å². The summed E-state index contributed by atoms with van der Waals surface area (Å²) >= 11 is 0. The van der Waals surface area contributed by atoms with Crippen LogP contribution >= 0.6 is 0 Å². The zero-order valence-corrected chi connectivity index (χ0v) is 8.36. The van der Waals surface area contributed by atoms with Gasteiger partial charge in [-0.3, -0.25) is 9.36 Å². The Morgan fingerprint density at radius 2 is 2.57 bits per heavy atom. The van der Waals surface area contributed by atoms with Gasteiger partial charge in [-0.1, -0.05) is 0 Å². The summed E-state index contributed by atoms with van der Waals surface area (Å²) in [4.78, 5) is 15.7. The van der Waals surface area contributed by atoms with E-state index in [4.69, 9.17) is 0 Å². The summed E-state index contributed by atoms with van der Waals surface area (Å²) in [5.41, 5.74) is 0.791. The number of aryl methyl sites for hydroxylation is 1. The molecule has 4 heteroatoms. The Kier molecular flexibility index (Phi) is 2.63. The zero-order chi connectivity index (χ0) is 9.97. The van der Waals surface area contributed by atoms with Crippen molar-refractivity contribution in [3.63, 3.8) is 0 Å². The van der Waals surface area contributed by atoms with Crippen LogP contribution in [0.2, 0.25) is 0 Å². The highest BCUT2D eigenvalue weighted by Crippen LogP contribution is 2.05. The van der Waals surface area contributed by atoms with Crippen molar-refractivity contribution >= 4 is 0 Å². The third-order valence-electron chi connectivity index (χ3n) is 2.65. The van der Waals surface area contributed by atoms with Crippen LogP contribution in [0.3, 0.4) is 0 Å². The lowest BCUT2D eigenvalue weighted by Gasteiger charge is -2.11. The lowest BCUT2D eigenvalue weighted by Crippen LogP contribution is -2.32. The highest BCUT2D eigenvalue weighted by atomic mass is 16.1. The molecule has 1 aromatic rings. The lowest BCUT2D eigenvalue weighted by atomic mass is 10.2. The molecule has 0 bridgehead atoms. The molecule has 1 fully saturated rings. The number of hydrogen-bond donors (Lipinski definition) is 1. The number of rotatable bonds is 2. The predicted molar refractivity (Wildman–Crippen MR) is 54.3 cm³/mol. The standard InChI is InChI=1S/C10H15N3O/c1-8-5-11-7-13(10(8)14)6-9-3-2-4-12-9/h5,7,9,12H,2-4,6H2,1H3. The molecular weight excluding hydrogens is 178 g/mol. The number of aromatic nitrogens is 2. The van der Waals surface area contributed by atoms with Gasteiger partial charge in [-0.05, 0) is 26.3 Å². The Morgan fingerprint density at radius 3 is 3.29 bits per heavy atom. The molecule has 1 aromatic heterocycles. The van der Waals surface area contributed by atoms with Gasteiger partial charge in [-0.25, -0.2) is 4.98 Å². The monoisotopic (exact) mass is 193 g/mol. The summed E-state index contributed by atoms with van der Waals surface area (Å²) in [6.07, 6.45) is 5.59. The van der Waals surface area contributed by atoms with Crippen molar-refractivity contribution in [1.82, 2.24) is 14.9 Å². The van der Waals surface area contributed by atoms with Crippen LogP contribution in [0.15, 0.2) is 17.3 Å². The molecule has 0 spiro atoms. The molecule has 0 amide bonds. The maximum absolute atomic E-state index is 11.7. The Labute approximate surface area is 83.0 Å². The van der Waals surface area contributed by atoms with Gasteiger partial charge in [-0.15, -0.1) is 0 Å². The molecule has 2 heterocycles. The fraction of sp³-hybridized carbons (Fsp3) is 0.600. The van der Waals surface area contributed by atoms with Crippen molar-refractivity contribution in [3.8, 4) is 0 Å². The average Bonchev–Trinajstić information content (AvgIpc) is 2.66. The first-order valence-corrected chi connectivity index (χ1v) is 5.02. The number of hydrogen-bond acceptors (Lipinski definition) is 3. The lowest BCUT2D eigenvalue weighted by molar-refractivity contribution is 0.493. The van der Waals surface area contributed by atoms with Crippen LogP contribution in [0, 0.1) is 6.92 Å². The van der Waals surface area contributed by atoms with E-state index in [-0.39, 0.29) is 5.56 Å². The highest BCUT2D eigenvalue weighted by molar-refractivity contribution is 5.00. The van der Waals surface area contributed by atoms with E-state index in [1.807, 2.05) is 0 Å². The quantitative estimate of drug-likeness (QED) is 0.735. The van der Waals surface area contributed by atoms with E-state index in [1.165, 1.54) is 6.42 Å². The van der Waals surface area contributed by atoms with Crippen LogP contribution in [0.4, 0.5) is 0 Å². The van der Waals surface area contributed by atoms with E-state index in [1.54, 1.807) is 24.0 Å². The first-order valence-electron chi connectivity index (χ1n) is 5.02. The van der Waals surface area contributed by atoms with Gasteiger partial charge in [0, 0.05) is 24.3 Å². The predicted octanol–water partition coefficient (Wildman–Crippen LogP) is 0.304. The zero-order valence-electron chi connectivity index (χ0n) is 8.36. The van der Waals surface area contributed by atoms with Crippen molar-refractivity contribution in [2.45, 2.75) is 32.4 Å². The molecule has 0 radical (unpaired) electrons. The van der Waals surface area contributed by atoms with Gasteiger partial charge in [-0.2, -0.15) is 0 Å². The fourth-order valence-corrected chi connectivity index (χ4v) is 1.84. The molecule has 1 N–H and O–H groups in total. The number of nitrogens with zero attached hydrogens (tertiary/aromatic N) is 2. The Morgan fingerprint density at radius 1 is 1.71 bits per heavy atom. The van der Waals surface area contributed by atoms with E-state index in [0.717, 1.165) is 19.5 Å². The van der Waals surface area contributed by atoms with E-state index in [2.05, 4.69) is 10.3 Å².